The highest BCUT2D eigenvalue weighted by molar-refractivity contribution is 6.13. The van der Waals surface area contributed by atoms with Crippen molar-refractivity contribution in [1.29, 1.82) is 0 Å². The summed E-state index contributed by atoms with van der Waals surface area (Å²) in [4.78, 5) is 64.8. The van der Waals surface area contributed by atoms with E-state index in [0.717, 1.165) is 0 Å². The fourth-order valence-corrected chi connectivity index (χ4v) is 8.94. The van der Waals surface area contributed by atoms with Gasteiger partial charge in [-0.1, -0.05) is 48.5 Å². The number of fused-ring (bicyclic) bond motifs is 4. The van der Waals surface area contributed by atoms with E-state index in [9.17, 15) is 39.3 Å². The molecule has 4 aliphatic rings. The fraction of sp³-hybridized carbons (Fsp3) is 0.767. The van der Waals surface area contributed by atoms with Gasteiger partial charge in [-0.2, -0.15) is 0 Å². The number of carbonyl (C=O) groups excluding carboxylic acids is 4. The molecule has 0 radical (unpaired) electrons. The Hall–Kier alpha value is -2.19. The van der Waals surface area contributed by atoms with Crippen molar-refractivity contribution in [3.8, 4) is 0 Å². The molecule has 2 saturated carbocycles. The van der Waals surface area contributed by atoms with Crippen molar-refractivity contribution in [3.63, 3.8) is 0 Å². The van der Waals surface area contributed by atoms with Crippen LogP contribution in [0.25, 0.3) is 0 Å². The van der Waals surface area contributed by atoms with E-state index in [1.807, 2.05) is 27.7 Å². The molecule has 2 fully saturated rings. The van der Waals surface area contributed by atoms with Crippen LogP contribution in [-0.2, 0) is 24.0 Å². The molecule has 4 aliphatic carbocycles. The second kappa shape index (κ2) is 8.91. The maximum Gasteiger partial charge on any atom is 0.306 e. The zero-order valence-corrected chi connectivity index (χ0v) is 23.6. The molecule has 4 rings (SSSR count). The molecule has 0 aromatic carbocycles. The Bertz CT molecular complexity index is 1150. The molecule has 0 unspecified atom stereocenters. The quantitative estimate of drug-likeness (QED) is 0.474. The van der Waals surface area contributed by atoms with Gasteiger partial charge in [-0.3, -0.25) is 24.0 Å². The second-order valence-electron chi connectivity index (χ2n) is 13.8. The van der Waals surface area contributed by atoms with Gasteiger partial charge in [0.1, 0.15) is 17.7 Å². The number of Topliss-reactive ketones (excluding diaryl/α,β-unsaturated/α-hetero) is 4. The number of hydrogen-bond donors (Lipinski definition) is 3. The summed E-state index contributed by atoms with van der Waals surface area (Å²) in [5.41, 5.74) is -3.43. The van der Waals surface area contributed by atoms with Crippen molar-refractivity contribution >= 4 is 29.1 Å². The smallest absolute Gasteiger partial charge is 0.306 e. The average molecular weight is 531 g/mol. The molecule has 0 saturated heterocycles. The molecule has 0 spiro atoms. The Morgan fingerprint density at radius 2 is 1.58 bits per heavy atom. The molecule has 38 heavy (non-hydrogen) atoms. The number of hydrogen-bond acceptors (Lipinski definition) is 7. The molecule has 0 amide bonds. The standard InChI is InChI=1S/C30H42O8/c1-14(10-16(31)11-15(2)26(37)38)17-12-21(34)30(7)22-18(32)13-19-27(3,4)20(33)8-9-28(19,5)23(22)24(35)25(36)29(17,30)6/h14-15,17,19,21,25,34,36H,8-13H2,1-7H3,(H,37,38)/t14-,15+,17-,19+,21-,25-,28+,29+,30+/m1/s1. The van der Waals surface area contributed by atoms with E-state index in [1.54, 1.807) is 13.8 Å². The first kappa shape index (κ1) is 28.8. The summed E-state index contributed by atoms with van der Waals surface area (Å²) in [6, 6.07) is 0. The molecule has 3 N–H and O–H groups in total. The summed E-state index contributed by atoms with van der Waals surface area (Å²) in [5, 5.41) is 32.5. The topological polar surface area (TPSA) is 146 Å². The zero-order chi connectivity index (χ0) is 28.7. The lowest BCUT2D eigenvalue weighted by Gasteiger charge is -2.60. The van der Waals surface area contributed by atoms with Crippen LogP contribution in [0.3, 0.4) is 0 Å². The van der Waals surface area contributed by atoms with E-state index < -0.39 is 57.5 Å². The molecule has 9 atom stereocenters. The van der Waals surface area contributed by atoms with Crippen LogP contribution in [-0.4, -0.2) is 56.6 Å². The molecule has 0 aliphatic heterocycles. The van der Waals surface area contributed by atoms with Gasteiger partial charge in [-0.25, -0.2) is 0 Å². The molecule has 8 nitrogen and oxygen atoms in total. The Labute approximate surface area is 224 Å². The predicted octanol–water partition coefficient (Wildman–Crippen LogP) is 3.31. The molecule has 0 aromatic rings. The van der Waals surface area contributed by atoms with Gasteiger partial charge in [-0.15, -0.1) is 0 Å². The molecule has 0 heterocycles. The van der Waals surface area contributed by atoms with Crippen LogP contribution in [0.5, 0.6) is 0 Å². The normalized spacial score (nSPS) is 41.8. The van der Waals surface area contributed by atoms with Crippen LogP contribution in [0.15, 0.2) is 11.1 Å². The van der Waals surface area contributed by atoms with Gasteiger partial charge < -0.3 is 15.3 Å². The lowest BCUT2D eigenvalue weighted by Crippen LogP contribution is -2.64. The van der Waals surface area contributed by atoms with E-state index in [2.05, 4.69) is 0 Å². The van der Waals surface area contributed by atoms with Crippen LogP contribution >= 0.6 is 0 Å². The third-order valence-corrected chi connectivity index (χ3v) is 11.5. The van der Waals surface area contributed by atoms with E-state index in [-0.39, 0.29) is 66.9 Å². The summed E-state index contributed by atoms with van der Waals surface area (Å²) >= 11 is 0. The van der Waals surface area contributed by atoms with Crippen LogP contribution in [0.2, 0.25) is 0 Å². The predicted molar refractivity (Wildman–Crippen MR) is 138 cm³/mol. The lowest BCUT2D eigenvalue weighted by molar-refractivity contribution is -0.158. The SMILES string of the molecule is C[C@H](CC(=O)C[C@H](C)C(=O)O)[C@H]1C[C@@H](O)[C@@]2(C)C3=C(C(=O)[C@@H](O)[C@]12C)[C@@]1(C)CCC(=O)C(C)(C)[C@@H]1CC3=O. The van der Waals surface area contributed by atoms with Crippen molar-refractivity contribution in [1.82, 2.24) is 0 Å². The van der Waals surface area contributed by atoms with E-state index in [1.165, 1.54) is 6.92 Å². The van der Waals surface area contributed by atoms with Crippen molar-refractivity contribution < 1.29 is 39.3 Å². The first-order valence-corrected chi connectivity index (χ1v) is 13.8. The molecule has 0 aromatic heterocycles. The van der Waals surface area contributed by atoms with E-state index in [0.29, 0.717) is 12.0 Å². The van der Waals surface area contributed by atoms with Crippen LogP contribution < -0.4 is 0 Å². The van der Waals surface area contributed by atoms with Gasteiger partial charge in [0.15, 0.2) is 11.6 Å². The number of rotatable bonds is 6. The molecule has 0 bridgehead atoms. The lowest BCUT2D eigenvalue weighted by atomic mass is 9.42. The minimum atomic E-state index is -1.49. The van der Waals surface area contributed by atoms with Gasteiger partial charge in [0.05, 0.1) is 12.0 Å². The molecular weight excluding hydrogens is 488 g/mol. The average Bonchev–Trinajstić information content (AvgIpc) is 3.03. The monoisotopic (exact) mass is 530 g/mol. The maximum absolute atomic E-state index is 14.1. The minimum Gasteiger partial charge on any atom is -0.481 e. The third-order valence-electron chi connectivity index (χ3n) is 11.5. The number of aliphatic hydroxyl groups excluding tert-OH is 2. The minimum absolute atomic E-state index is 0.0531. The number of aliphatic hydroxyl groups is 2. The van der Waals surface area contributed by atoms with Gasteiger partial charge >= 0.3 is 5.97 Å². The number of carboxylic acids is 1. The Morgan fingerprint density at radius 3 is 2.16 bits per heavy atom. The second-order valence-corrected chi connectivity index (χ2v) is 13.8. The van der Waals surface area contributed by atoms with Crippen molar-refractivity contribution in [2.75, 3.05) is 0 Å². The maximum atomic E-state index is 14.1. The third kappa shape index (κ3) is 3.58. The Morgan fingerprint density at radius 1 is 0.974 bits per heavy atom. The summed E-state index contributed by atoms with van der Waals surface area (Å²) in [5.74, 6) is -3.99. The van der Waals surface area contributed by atoms with E-state index in [4.69, 9.17) is 0 Å². The van der Waals surface area contributed by atoms with Gasteiger partial charge in [0.2, 0.25) is 0 Å². The zero-order valence-electron chi connectivity index (χ0n) is 23.6. The number of carbonyl (C=O) groups is 5. The molecule has 210 valence electrons. The van der Waals surface area contributed by atoms with Gasteiger partial charge in [0, 0.05) is 58.5 Å². The van der Waals surface area contributed by atoms with Crippen molar-refractivity contribution in [2.45, 2.75) is 99.2 Å². The van der Waals surface area contributed by atoms with Crippen molar-refractivity contribution in [2.24, 2.45) is 45.3 Å². The van der Waals surface area contributed by atoms with Crippen LogP contribution in [0.4, 0.5) is 0 Å². The summed E-state index contributed by atoms with van der Waals surface area (Å²) < 4.78 is 0. The molecule has 8 heteroatoms. The van der Waals surface area contributed by atoms with Gasteiger partial charge in [-0.05, 0) is 30.6 Å². The summed E-state index contributed by atoms with van der Waals surface area (Å²) in [7, 11) is 0. The van der Waals surface area contributed by atoms with Crippen LogP contribution in [0.1, 0.15) is 87.0 Å². The van der Waals surface area contributed by atoms with Crippen LogP contribution in [0, 0.1) is 45.3 Å². The fourth-order valence-electron chi connectivity index (χ4n) is 8.94. The highest BCUT2D eigenvalue weighted by atomic mass is 16.4. The number of aliphatic carboxylic acids is 1. The van der Waals surface area contributed by atoms with Crippen molar-refractivity contribution in [3.05, 3.63) is 11.1 Å². The number of ketones is 4. The Kier molecular flexibility index (Phi) is 6.76. The van der Waals surface area contributed by atoms with E-state index >= 15 is 0 Å². The Balaban J connectivity index is 1.80. The highest BCUT2D eigenvalue weighted by Crippen LogP contribution is 2.70. The first-order valence-electron chi connectivity index (χ1n) is 13.8. The first-order chi connectivity index (χ1) is 17.4. The highest BCUT2D eigenvalue weighted by Gasteiger charge is 2.73. The largest absolute Gasteiger partial charge is 0.481 e. The molecular formula is C30H42O8. The summed E-state index contributed by atoms with van der Waals surface area (Å²) in [6.45, 7) is 12.4. The van der Waals surface area contributed by atoms with Gasteiger partial charge in [0.25, 0.3) is 0 Å². The summed E-state index contributed by atoms with van der Waals surface area (Å²) in [6.07, 6.45) is -1.60. The number of carboxylic acid groups (broad SMARTS) is 1.